The highest BCUT2D eigenvalue weighted by molar-refractivity contribution is 7.14. The number of fused-ring (bicyclic) bond motifs is 1. The zero-order valence-corrected chi connectivity index (χ0v) is 18.8. The molecule has 8 heteroatoms. The molecule has 4 rings (SSSR count). The van der Waals surface area contributed by atoms with E-state index in [4.69, 9.17) is 0 Å². The first kappa shape index (κ1) is 20.4. The van der Waals surface area contributed by atoms with Crippen LogP contribution in [0.5, 0.6) is 0 Å². The van der Waals surface area contributed by atoms with E-state index in [2.05, 4.69) is 31.7 Å². The van der Waals surface area contributed by atoms with Gasteiger partial charge in [-0.1, -0.05) is 0 Å². The fourth-order valence-corrected chi connectivity index (χ4v) is 4.64. The Balaban J connectivity index is 1.80. The van der Waals surface area contributed by atoms with Crippen LogP contribution in [0.15, 0.2) is 24.4 Å². The van der Waals surface area contributed by atoms with Crippen molar-refractivity contribution in [3.63, 3.8) is 0 Å². The molecular formula is C23H21N7S. The van der Waals surface area contributed by atoms with Gasteiger partial charge in [0, 0.05) is 36.4 Å². The molecule has 31 heavy (non-hydrogen) atoms. The van der Waals surface area contributed by atoms with E-state index in [1.54, 1.807) is 17.5 Å². The van der Waals surface area contributed by atoms with Gasteiger partial charge < -0.3 is 14.5 Å². The van der Waals surface area contributed by atoms with Crippen molar-refractivity contribution in [2.24, 2.45) is 0 Å². The lowest BCUT2D eigenvalue weighted by Gasteiger charge is -2.09. The number of anilines is 1. The molecule has 0 saturated carbocycles. The summed E-state index contributed by atoms with van der Waals surface area (Å²) in [6, 6.07) is 10.4. The second-order valence-electron chi connectivity index (χ2n) is 7.56. The van der Waals surface area contributed by atoms with E-state index in [9.17, 15) is 10.5 Å². The van der Waals surface area contributed by atoms with Crippen LogP contribution >= 0.6 is 11.3 Å². The van der Waals surface area contributed by atoms with E-state index in [1.165, 1.54) is 0 Å². The number of allylic oxidation sites excluding steroid dienone is 1. The maximum absolute atomic E-state index is 9.83. The Morgan fingerprint density at radius 1 is 1.19 bits per heavy atom. The minimum atomic E-state index is 0.436. The van der Waals surface area contributed by atoms with Crippen LogP contribution in [0.4, 0.5) is 5.82 Å². The van der Waals surface area contributed by atoms with Gasteiger partial charge in [-0.3, -0.25) is 0 Å². The van der Waals surface area contributed by atoms with E-state index in [1.807, 2.05) is 64.0 Å². The molecule has 4 heterocycles. The van der Waals surface area contributed by atoms with E-state index < -0.39 is 0 Å². The van der Waals surface area contributed by atoms with Gasteiger partial charge in [0.15, 0.2) is 0 Å². The van der Waals surface area contributed by atoms with Gasteiger partial charge in [0.2, 0.25) is 0 Å². The Hall–Kier alpha value is -3.88. The molecule has 0 unspecified atom stereocenters. The van der Waals surface area contributed by atoms with Crippen molar-refractivity contribution in [3.8, 4) is 17.1 Å². The Labute approximate surface area is 184 Å². The number of nitrogens with one attached hydrogen (secondary N) is 1. The van der Waals surface area contributed by atoms with Crippen LogP contribution in [0.1, 0.15) is 33.2 Å². The van der Waals surface area contributed by atoms with E-state index in [-0.39, 0.29) is 0 Å². The lowest BCUT2D eigenvalue weighted by atomic mass is 10.1. The molecule has 0 aliphatic rings. The molecule has 0 spiro atoms. The maximum Gasteiger partial charge on any atom is 0.149 e. The van der Waals surface area contributed by atoms with Crippen LogP contribution in [-0.2, 0) is 0 Å². The van der Waals surface area contributed by atoms with Crippen molar-refractivity contribution in [1.29, 1.82) is 10.5 Å². The van der Waals surface area contributed by atoms with Crippen molar-refractivity contribution in [2.45, 2.75) is 20.8 Å². The summed E-state index contributed by atoms with van der Waals surface area (Å²) >= 11 is 1.59. The van der Waals surface area contributed by atoms with Crippen molar-refractivity contribution >= 4 is 39.8 Å². The monoisotopic (exact) mass is 427 g/mol. The number of H-pyrrole nitrogens is 1. The second kappa shape index (κ2) is 7.75. The van der Waals surface area contributed by atoms with Gasteiger partial charge in [-0.2, -0.15) is 10.5 Å². The quantitative estimate of drug-likeness (QED) is 0.475. The fourth-order valence-electron chi connectivity index (χ4n) is 3.57. The minimum absolute atomic E-state index is 0.436. The van der Waals surface area contributed by atoms with E-state index >= 15 is 0 Å². The number of nitriles is 2. The smallest absolute Gasteiger partial charge is 0.149 e. The first-order valence-corrected chi connectivity index (χ1v) is 10.5. The van der Waals surface area contributed by atoms with Gasteiger partial charge in [0.1, 0.15) is 28.8 Å². The van der Waals surface area contributed by atoms with Crippen LogP contribution in [0.2, 0.25) is 0 Å². The van der Waals surface area contributed by atoms with Gasteiger partial charge in [-0.25, -0.2) is 9.97 Å². The lowest BCUT2D eigenvalue weighted by Crippen LogP contribution is -2.09. The Morgan fingerprint density at radius 2 is 1.97 bits per heavy atom. The van der Waals surface area contributed by atoms with Crippen molar-refractivity contribution in [2.75, 3.05) is 19.0 Å². The van der Waals surface area contributed by atoms with Crippen LogP contribution < -0.4 is 4.90 Å². The molecule has 0 aliphatic carbocycles. The molecule has 0 saturated heterocycles. The SMILES string of the molecule is Cc1cc(C#N)c(-n2c(C)cc(C=C(C#N)c3nc4cc(N(C)C)ncc4[nH]3)c2C)s1. The molecular weight excluding hydrogens is 406 g/mol. The number of aromatic amines is 1. The summed E-state index contributed by atoms with van der Waals surface area (Å²) in [6.07, 6.45) is 3.56. The number of aromatic nitrogens is 4. The predicted molar refractivity (Wildman–Crippen MR) is 124 cm³/mol. The highest BCUT2D eigenvalue weighted by Crippen LogP contribution is 2.31. The average molecular weight is 428 g/mol. The van der Waals surface area contributed by atoms with Crippen molar-refractivity contribution in [1.82, 2.24) is 19.5 Å². The molecule has 154 valence electrons. The average Bonchev–Trinajstić information content (AvgIpc) is 3.40. The summed E-state index contributed by atoms with van der Waals surface area (Å²) in [4.78, 5) is 15.2. The zero-order valence-electron chi connectivity index (χ0n) is 18.0. The number of thiophene rings is 1. The zero-order chi connectivity index (χ0) is 22.3. The molecule has 0 bridgehead atoms. The summed E-state index contributed by atoms with van der Waals surface area (Å²) < 4.78 is 2.07. The van der Waals surface area contributed by atoms with Crippen molar-refractivity contribution < 1.29 is 0 Å². The normalized spacial score (nSPS) is 11.5. The fraction of sp³-hybridized carbons (Fsp3) is 0.217. The molecule has 4 aromatic heterocycles. The lowest BCUT2D eigenvalue weighted by molar-refractivity contribution is 0.981. The first-order valence-electron chi connectivity index (χ1n) is 9.67. The molecule has 0 aliphatic heterocycles. The first-order chi connectivity index (χ1) is 14.8. The molecule has 0 aromatic carbocycles. The summed E-state index contributed by atoms with van der Waals surface area (Å²) in [7, 11) is 3.84. The van der Waals surface area contributed by atoms with Crippen LogP contribution in [0.25, 0.3) is 27.7 Å². The van der Waals surface area contributed by atoms with Gasteiger partial charge in [0.25, 0.3) is 0 Å². The van der Waals surface area contributed by atoms with Crippen LogP contribution in [0.3, 0.4) is 0 Å². The van der Waals surface area contributed by atoms with E-state index in [0.29, 0.717) is 17.0 Å². The standard InChI is InChI=1S/C23H21N7S/c1-13-6-16(15(3)30(13)23-18(11-25)7-14(2)31-23)8-17(10-24)22-27-19-9-21(29(4)5)26-12-20(19)28-22/h6-9,12H,1-5H3,(H,27,28). The molecule has 1 N–H and O–H groups in total. The molecule has 0 amide bonds. The van der Waals surface area contributed by atoms with Gasteiger partial charge in [0.05, 0.1) is 28.4 Å². The molecule has 4 aromatic rings. The number of pyridine rings is 1. The number of rotatable bonds is 4. The Morgan fingerprint density at radius 3 is 2.65 bits per heavy atom. The minimum Gasteiger partial charge on any atom is -0.363 e. The van der Waals surface area contributed by atoms with Crippen molar-refractivity contribution in [3.05, 3.63) is 57.6 Å². The number of nitrogens with zero attached hydrogens (tertiary/aromatic N) is 6. The van der Waals surface area contributed by atoms with Gasteiger partial charge in [-0.15, -0.1) is 11.3 Å². The molecule has 0 radical (unpaired) electrons. The van der Waals surface area contributed by atoms with Gasteiger partial charge in [-0.05, 0) is 44.5 Å². The summed E-state index contributed by atoms with van der Waals surface area (Å²) in [5.74, 6) is 1.31. The van der Waals surface area contributed by atoms with Crippen LogP contribution in [-0.4, -0.2) is 33.6 Å². The van der Waals surface area contributed by atoms with Gasteiger partial charge >= 0.3 is 0 Å². The Bertz CT molecular complexity index is 1420. The number of aryl methyl sites for hydroxylation is 2. The number of hydrogen-bond donors (Lipinski definition) is 1. The summed E-state index contributed by atoms with van der Waals surface area (Å²) in [6.45, 7) is 5.99. The Kier molecular flexibility index (Phi) is 5.10. The summed E-state index contributed by atoms with van der Waals surface area (Å²) in [5, 5.41) is 20.2. The largest absolute Gasteiger partial charge is 0.363 e. The topological polar surface area (TPSA) is 97.3 Å². The third kappa shape index (κ3) is 3.58. The highest BCUT2D eigenvalue weighted by atomic mass is 32.1. The second-order valence-corrected chi connectivity index (χ2v) is 8.79. The van der Waals surface area contributed by atoms with Crippen LogP contribution in [0, 0.1) is 43.4 Å². The third-order valence-electron chi connectivity index (χ3n) is 5.12. The number of imidazole rings is 1. The van der Waals surface area contributed by atoms with E-state index in [0.717, 1.165) is 43.7 Å². The molecule has 0 fully saturated rings. The maximum atomic E-state index is 9.83. The number of hydrogen-bond acceptors (Lipinski definition) is 6. The molecule has 7 nitrogen and oxygen atoms in total. The molecule has 0 atom stereocenters. The highest BCUT2D eigenvalue weighted by Gasteiger charge is 2.17. The third-order valence-corrected chi connectivity index (χ3v) is 6.15. The predicted octanol–water partition coefficient (Wildman–Crippen LogP) is 4.74. The summed E-state index contributed by atoms with van der Waals surface area (Å²) in [5.41, 5.74) is 5.51.